The van der Waals surface area contributed by atoms with Gasteiger partial charge in [0.1, 0.15) is 6.04 Å². The van der Waals surface area contributed by atoms with E-state index in [1.54, 1.807) is 35.2 Å². The molecule has 0 saturated carbocycles. The molecular weight excluding hydrogens is 590 g/mol. The molecule has 7 nitrogen and oxygen atoms in total. The first kappa shape index (κ1) is 31.5. The van der Waals surface area contributed by atoms with E-state index in [-0.39, 0.29) is 42.1 Å². The van der Waals surface area contributed by atoms with Crippen LogP contribution in [0, 0.1) is 5.92 Å². The van der Waals surface area contributed by atoms with Gasteiger partial charge in [-0.15, -0.1) is 0 Å². The van der Waals surface area contributed by atoms with Gasteiger partial charge in [0, 0.05) is 44.0 Å². The zero-order valence-corrected chi connectivity index (χ0v) is 25.7. The van der Waals surface area contributed by atoms with E-state index in [4.69, 9.17) is 0 Å². The van der Waals surface area contributed by atoms with Gasteiger partial charge in [0.15, 0.2) is 0 Å². The van der Waals surface area contributed by atoms with Crippen molar-refractivity contribution in [3.8, 4) is 0 Å². The maximum atomic E-state index is 13.8. The summed E-state index contributed by atoms with van der Waals surface area (Å²) >= 11 is 3.50. The van der Waals surface area contributed by atoms with Crippen LogP contribution in [0.3, 0.4) is 0 Å². The molecule has 0 fully saturated rings. The molecule has 0 radical (unpaired) electrons. The molecule has 0 aliphatic rings. The van der Waals surface area contributed by atoms with E-state index in [0.717, 1.165) is 15.6 Å². The highest BCUT2D eigenvalue weighted by molar-refractivity contribution is 9.10. The summed E-state index contributed by atoms with van der Waals surface area (Å²) in [6.45, 7) is 4.98. The van der Waals surface area contributed by atoms with Crippen molar-refractivity contribution in [3.05, 3.63) is 101 Å². The predicted molar refractivity (Wildman–Crippen MR) is 162 cm³/mol. The first-order valence-corrected chi connectivity index (χ1v) is 15.7. The summed E-state index contributed by atoms with van der Waals surface area (Å²) in [6.07, 6.45) is 0.792. The average Bonchev–Trinajstić information content (AvgIpc) is 2.94. The molecule has 0 aromatic heterocycles. The molecule has 2 amide bonds. The van der Waals surface area contributed by atoms with Gasteiger partial charge in [-0.2, -0.15) is 0 Å². The molecule has 0 saturated heterocycles. The molecule has 0 aliphatic carbocycles. The highest BCUT2D eigenvalue weighted by Crippen LogP contribution is 2.20. The van der Waals surface area contributed by atoms with Crippen LogP contribution in [0.4, 0.5) is 0 Å². The van der Waals surface area contributed by atoms with E-state index in [2.05, 4.69) is 21.2 Å². The number of carbonyl (C=O) groups excluding carboxylic acids is 2. The summed E-state index contributed by atoms with van der Waals surface area (Å²) in [5.74, 6) is -0.145. The summed E-state index contributed by atoms with van der Waals surface area (Å²) in [5, 5.41) is 3.02. The second kappa shape index (κ2) is 15.1. The molecule has 0 aliphatic heterocycles. The van der Waals surface area contributed by atoms with E-state index >= 15 is 0 Å². The molecule has 0 heterocycles. The third-order valence-corrected chi connectivity index (χ3v) is 8.88. The fraction of sp³-hybridized carbons (Fsp3) is 0.355. The lowest BCUT2D eigenvalue weighted by atomic mass is 10.0. The van der Waals surface area contributed by atoms with Crippen LogP contribution in [0.2, 0.25) is 0 Å². The number of hydrogen-bond donors (Lipinski definition) is 1. The number of rotatable bonds is 14. The summed E-state index contributed by atoms with van der Waals surface area (Å²) in [7, 11) is -2.14. The molecular formula is C31H38BrN3O4S. The van der Waals surface area contributed by atoms with Crippen LogP contribution in [0.25, 0.3) is 0 Å². The van der Waals surface area contributed by atoms with Gasteiger partial charge in [0.25, 0.3) is 0 Å². The van der Waals surface area contributed by atoms with Crippen LogP contribution < -0.4 is 5.32 Å². The second-order valence-electron chi connectivity index (χ2n) is 10.2. The van der Waals surface area contributed by atoms with Crippen LogP contribution in [0.1, 0.15) is 37.8 Å². The van der Waals surface area contributed by atoms with Crippen molar-refractivity contribution in [2.24, 2.45) is 5.92 Å². The van der Waals surface area contributed by atoms with Crippen molar-refractivity contribution in [1.29, 1.82) is 0 Å². The van der Waals surface area contributed by atoms with Crippen LogP contribution >= 0.6 is 15.9 Å². The van der Waals surface area contributed by atoms with Gasteiger partial charge >= 0.3 is 0 Å². The molecule has 214 valence electrons. The summed E-state index contributed by atoms with van der Waals surface area (Å²) in [6, 6.07) is 24.9. The van der Waals surface area contributed by atoms with E-state index in [1.165, 1.54) is 11.4 Å². The topological polar surface area (TPSA) is 86.8 Å². The molecule has 0 spiro atoms. The number of nitrogens with zero attached hydrogens (tertiary/aromatic N) is 2. The third-order valence-electron chi connectivity index (χ3n) is 6.51. The first-order valence-electron chi connectivity index (χ1n) is 13.4. The monoisotopic (exact) mass is 627 g/mol. The molecule has 1 N–H and O–H groups in total. The maximum Gasteiger partial charge on any atom is 0.243 e. The van der Waals surface area contributed by atoms with Gasteiger partial charge < -0.3 is 10.2 Å². The van der Waals surface area contributed by atoms with Crippen LogP contribution in [0.15, 0.2) is 94.3 Å². The number of nitrogens with one attached hydrogen (secondary N) is 1. The quantitative estimate of drug-likeness (QED) is 0.264. The van der Waals surface area contributed by atoms with Gasteiger partial charge in [-0.3, -0.25) is 9.59 Å². The molecule has 3 aromatic carbocycles. The number of amides is 2. The summed E-state index contributed by atoms with van der Waals surface area (Å²) in [4.78, 5) is 29.1. The molecule has 40 heavy (non-hydrogen) atoms. The van der Waals surface area contributed by atoms with Gasteiger partial charge in [-0.1, -0.05) is 90.4 Å². The number of halogens is 1. The van der Waals surface area contributed by atoms with Crippen molar-refractivity contribution in [1.82, 2.24) is 14.5 Å². The zero-order valence-electron chi connectivity index (χ0n) is 23.3. The first-order chi connectivity index (χ1) is 19.1. The van der Waals surface area contributed by atoms with Crippen molar-refractivity contribution in [3.63, 3.8) is 0 Å². The average molecular weight is 629 g/mol. The Morgan fingerprint density at radius 2 is 1.52 bits per heavy atom. The Kier molecular flexibility index (Phi) is 11.9. The second-order valence-corrected chi connectivity index (χ2v) is 13.2. The minimum absolute atomic E-state index is 0.103. The van der Waals surface area contributed by atoms with E-state index in [0.29, 0.717) is 19.4 Å². The molecule has 9 heteroatoms. The van der Waals surface area contributed by atoms with Crippen LogP contribution in [-0.2, 0) is 32.6 Å². The lowest BCUT2D eigenvalue weighted by Crippen LogP contribution is -2.51. The Balaban J connectivity index is 1.82. The lowest BCUT2D eigenvalue weighted by Gasteiger charge is -2.32. The largest absolute Gasteiger partial charge is 0.354 e. The van der Waals surface area contributed by atoms with Crippen LogP contribution in [0.5, 0.6) is 0 Å². The van der Waals surface area contributed by atoms with Crippen molar-refractivity contribution in [2.45, 2.75) is 50.6 Å². The maximum absolute atomic E-state index is 13.8. The highest BCUT2D eigenvalue weighted by Gasteiger charge is 2.30. The van der Waals surface area contributed by atoms with E-state index in [1.807, 2.05) is 68.4 Å². The van der Waals surface area contributed by atoms with Gasteiger partial charge in [-0.25, -0.2) is 12.7 Å². The molecule has 3 aromatic rings. The molecule has 0 unspecified atom stereocenters. The molecule has 3 rings (SSSR count). The fourth-order valence-electron chi connectivity index (χ4n) is 4.30. The summed E-state index contributed by atoms with van der Waals surface area (Å²) in [5.41, 5.74) is 1.84. The van der Waals surface area contributed by atoms with Crippen LogP contribution in [-0.4, -0.2) is 55.6 Å². The smallest absolute Gasteiger partial charge is 0.243 e. The fourth-order valence-corrected chi connectivity index (χ4v) is 5.97. The Hall–Kier alpha value is -3.01. The van der Waals surface area contributed by atoms with Gasteiger partial charge in [0.2, 0.25) is 21.8 Å². The van der Waals surface area contributed by atoms with Crippen molar-refractivity contribution >= 4 is 37.8 Å². The van der Waals surface area contributed by atoms with E-state index in [9.17, 15) is 18.0 Å². The minimum Gasteiger partial charge on any atom is -0.354 e. The standard InChI is InChI=1S/C31H38BrN3O4S/c1-24(2)22-33-31(37)29(21-25-12-6-4-7-13-25)35(23-26-14-10-15-27(32)20-26)30(36)18-11-19-34(3)40(38,39)28-16-8-5-9-17-28/h4-10,12-17,20,24,29H,11,18-19,21-23H2,1-3H3,(H,33,37)/t29-/m1/s1. The number of hydrogen-bond acceptors (Lipinski definition) is 4. The Labute approximate surface area is 246 Å². The van der Waals surface area contributed by atoms with Gasteiger partial charge in [-0.05, 0) is 47.7 Å². The Morgan fingerprint density at radius 1 is 0.900 bits per heavy atom. The zero-order chi connectivity index (χ0) is 29.1. The number of benzene rings is 3. The number of sulfonamides is 1. The minimum atomic E-state index is -3.66. The Morgan fingerprint density at radius 3 is 2.15 bits per heavy atom. The summed E-state index contributed by atoms with van der Waals surface area (Å²) < 4.78 is 28.0. The highest BCUT2D eigenvalue weighted by atomic mass is 79.9. The molecule has 0 bridgehead atoms. The molecule has 1 atom stereocenters. The Bertz CT molecular complexity index is 1350. The van der Waals surface area contributed by atoms with E-state index < -0.39 is 16.1 Å². The lowest BCUT2D eigenvalue weighted by molar-refractivity contribution is -0.141. The van der Waals surface area contributed by atoms with Gasteiger partial charge in [0.05, 0.1) is 4.90 Å². The third kappa shape index (κ3) is 9.28. The SMILES string of the molecule is CC(C)CNC(=O)[C@@H](Cc1ccccc1)N(Cc1cccc(Br)c1)C(=O)CCCN(C)S(=O)(=O)c1ccccc1. The van der Waals surface area contributed by atoms with Crippen molar-refractivity contribution in [2.75, 3.05) is 20.1 Å². The predicted octanol–water partition coefficient (Wildman–Crippen LogP) is 5.26. The normalized spacial score (nSPS) is 12.3. The van der Waals surface area contributed by atoms with Crippen molar-refractivity contribution < 1.29 is 18.0 Å². The number of carbonyl (C=O) groups is 2.